The quantitative estimate of drug-likeness (QED) is 0.754. The SMILES string of the molecule is CCCNc1cc(C(=O)NCCC2=CCCCC2)ccn1. The first-order chi connectivity index (χ1) is 10.3. The molecule has 114 valence electrons. The minimum atomic E-state index is -0.0200. The van der Waals surface area contributed by atoms with E-state index in [1.165, 1.54) is 31.3 Å². The van der Waals surface area contributed by atoms with Crippen LogP contribution in [0.15, 0.2) is 30.0 Å². The Labute approximate surface area is 127 Å². The summed E-state index contributed by atoms with van der Waals surface area (Å²) in [5.41, 5.74) is 2.16. The highest BCUT2D eigenvalue weighted by Gasteiger charge is 2.08. The van der Waals surface area contributed by atoms with Crippen LogP contribution in [0.1, 0.15) is 55.8 Å². The molecule has 0 aromatic carbocycles. The number of amides is 1. The molecule has 0 saturated carbocycles. The molecule has 2 rings (SSSR count). The van der Waals surface area contributed by atoms with Gasteiger partial charge in [-0.3, -0.25) is 4.79 Å². The average Bonchev–Trinajstić information content (AvgIpc) is 2.54. The second kappa shape index (κ2) is 8.45. The fraction of sp³-hybridized carbons (Fsp3) is 0.529. The normalized spacial score (nSPS) is 14.4. The smallest absolute Gasteiger partial charge is 0.251 e. The highest BCUT2D eigenvalue weighted by Crippen LogP contribution is 2.19. The molecule has 1 amide bonds. The Morgan fingerprint density at radius 3 is 3.00 bits per heavy atom. The van der Waals surface area contributed by atoms with E-state index < -0.39 is 0 Å². The molecule has 0 radical (unpaired) electrons. The minimum absolute atomic E-state index is 0.0200. The van der Waals surface area contributed by atoms with Gasteiger partial charge in [-0.15, -0.1) is 0 Å². The second-order valence-corrected chi connectivity index (χ2v) is 5.47. The summed E-state index contributed by atoms with van der Waals surface area (Å²) in [6.07, 6.45) is 11.0. The van der Waals surface area contributed by atoms with Crippen molar-refractivity contribution in [1.82, 2.24) is 10.3 Å². The molecule has 1 aromatic rings. The Hall–Kier alpha value is -1.84. The number of rotatable bonds is 7. The van der Waals surface area contributed by atoms with Crippen LogP contribution in [0.2, 0.25) is 0 Å². The van der Waals surface area contributed by atoms with Gasteiger partial charge in [-0.05, 0) is 50.7 Å². The molecule has 1 aliphatic rings. The van der Waals surface area contributed by atoms with E-state index in [0.717, 1.165) is 25.2 Å². The van der Waals surface area contributed by atoms with Crippen molar-refractivity contribution in [3.8, 4) is 0 Å². The minimum Gasteiger partial charge on any atom is -0.370 e. The highest BCUT2D eigenvalue weighted by atomic mass is 16.1. The predicted octanol–water partition coefficient (Wildman–Crippen LogP) is 3.52. The molecule has 1 heterocycles. The van der Waals surface area contributed by atoms with Gasteiger partial charge in [0.05, 0.1) is 0 Å². The molecule has 4 heteroatoms. The lowest BCUT2D eigenvalue weighted by molar-refractivity contribution is 0.0954. The zero-order chi connectivity index (χ0) is 14.9. The molecule has 0 unspecified atom stereocenters. The highest BCUT2D eigenvalue weighted by molar-refractivity contribution is 5.94. The van der Waals surface area contributed by atoms with E-state index in [9.17, 15) is 4.79 Å². The first-order valence-corrected chi connectivity index (χ1v) is 7.95. The van der Waals surface area contributed by atoms with Crippen LogP contribution in [0.4, 0.5) is 5.82 Å². The van der Waals surface area contributed by atoms with Gasteiger partial charge in [-0.25, -0.2) is 4.98 Å². The van der Waals surface area contributed by atoms with E-state index in [0.29, 0.717) is 12.1 Å². The van der Waals surface area contributed by atoms with Crippen molar-refractivity contribution in [2.24, 2.45) is 0 Å². The molecule has 21 heavy (non-hydrogen) atoms. The number of allylic oxidation sites excluding steroid dienone is 1. The van der Waals surface area contributed by atoms with Crippen molar-refractivity contribution >= 4 is 11.7 Å². The lowest BCUT2D eigenvalue weighted by Crippen LogP contribution is -2.25. The molecule has 1 aliphatic carbocycles. The maximum Gasteiger partial charge on any atom is 0.251 e. The first-order valence-electron chi connectivity index (χ1n) is 7.95. The predicted molar refractivity (Wildman–Crippen MR) is 86.5 cm³/mol. The maximum absolute atomic E-state index is 12.1. The third-order valence-electron chi connectivity index (χ3n) is 3.69. The van der Waals surface area contributed by atoms with E-state index in [4.69, 9.17) is 0 Å². The summed E-state index contributed by atoms with van der Waals surface area (Å²) in [5, 5.41) is 6.19. The summed E-state index contributed by atoms with van der Waals surface area (Å²) in [6, 6.07) is 3.57. The van der Waals surface area contributed by atoms with Gasteiger partial charge in [0, 0.05) is 24.8 Å². The number of carbonyl (C=O) groups is 1. The fourth-order valence-electron chi connectivity index (χ4n) is 2.49. The van der Waals surface area contributed by atoms with Crippen molar-refractivity contribution in [2.45, 2.75) is 45.4 Å². The van der Waals surface area contributed by atoms with Crippen LogP contribution >= 0.6 is 0 Å². The monoisotopic (exact) mass is 287 g/mol. The Balaban J connectivity index is 1.80. The van der Waals surface area contributed by atoms with E-state index >= 15 is 0 Å². The standard InChI is InChI=1S/C17H25N3O/c1-2-10-18-16-13-15(9-12-19-16)17(21)20-11-8-14-6-4-3-5-7-14/h6,9,12-13H,2-5,7-8,10-11H2,1H3,(H,18,19)(H,20,21). The van der Waals surface area contributed by atoms with Crippen molar-refractivity contribution in [3.05, 3.63) is 35.5 Å². The summed E-state index contributed by atoms with van der Waals surface area (Å²) in [4.78, 5) is 16.3. The van der Waals surface area contributed by atoms with Gasteiger partial charge in [0.15, 0.2) is 0 Å². The summed E-state index contributed by atoms with van der Waals surface area (Å²) < 4.78 is 0. The van der Waals surface area contributed by atoms with Gasteiger partial charge in [0.25, 0.3) is 5.91 Å². The molecule has 2 N–H and O–H groups in total. The molecular weight excluding hydrogens is 262 g/mol. The Morgan fingerprint density at radius 2 is 2.24 bits per heavy atom. The first kappa shape index (κ1) is 15.5. The van der Waals surface area contributed by atoms with E-state index in [1.807, 2.05) is 6.07 Å². The Kier molecular flexibility index (Phi) is 6.25. The number of anilines is 1. The molecule has 1 aromatic heterocycles. The fourth-order valence-corrected chi connectivity index (χ4v) is 2.49. The van der Waals surface area contributed by atoms with Crippen molar-refractivity contribution in [2.75, 3.05) is 18.4 Å². The molecular formula is C17H25N3O. The molecule has 0 aliphatic heterocycles. The lowest BCUT2D eigenvalue weighted by atomic mass is 9.97. The number of aromatic nitrogens is 1. The van der Waals surface area contributed by atoms with Crippen LogP contribution in [0.25, 0.3) is 0 Å². The van der Waals surface area contributed by atoms with Crippen molar-refractivity contribution < 1.29 is 4.79 Å². The summed E-state index contributed by atoms with van der Waals surface area (Å²) in [5.74, 6) is 0.743. The third-order valence-corrected chi connectivity index (χ3v) is 3.69. The van der Waals surface area contributed by atoms with Crippen LogP contribution in [-0.2, 0) is 0 Å². The molecule has 0 atom stereocenters. The zero-order valence-electron chi connectivity index (χ0n) is 12.8. The van der Waals surface area contributed by atoms with E-state index in [-0.39, 0.29) is 5.91 Å². The van der Waals surface area contributed by atoms with Crippen molar-refractivity contribution in [1.29, 1.82) is 0 Å². The van der Waals surface area contributed by atoms with E-state index in [1.54, 1.807) is 12.3 Å². The Bertz CT molecular complexity index is 497. The Morgan fingerprint density at radius 1 is 1.33 bits per heavy atom. The van der Waals surface area contributed by atoms with Crippen LogP contribution in [0, 0.1) is 0 Å². The zero-order valence-corrected chi connectivity index (χ0v) is 12.8. The van der Waals surface area contributed by atoms with Gasteiger partial charge in [-0.2, -0.15) is 0 Å². The van der Waals surface area contributed by atoms with Crippen molar-refractivity contribution in [3.63, 3.8) is 0 Å². The molecule has 0 saturated heterocycles. The molecule has 0 bridgehead atoms. The van der Waals surface area contributed by atoms with Gasteiger partial charge >= 0.3 is 0 Å². The van der Waals surface area contributed by atoms with Crippen LogP contribution in [0.3, 0.4) is 0 Å². The number of hydrogen-bond donors (Lipinski definition) is 2. The summed E-state index contributed by atoms with van der Waals surface area (Å²) in [6.45, 7) is 3.68. The topological polar surface area (TPSA) is 54.0 Å². The number of nitrogens with zero attached hydrogens (tertiary/aromatic N) is 1. The van der Waals surface area contributed by atoms with Gasteiger partial charge < -0.3 is 10.6 Å². The third kappa shape index (κ3) is 5.21. The summed E-state index contributed by atoms with van der Waals surface area (Å²) in [7, 11) is 0. The van der Waals surface area contributed by atoms with Crippen LogP contribution < -0.4 is 10.6 Å². The van der Waals surface area contributed by atoms with Gasteiger partial charge in [-0.1, -0.05) is 18.6 Å². The lowest BCUT2D eigenvalue weighted by Gasteiger charge is -2.13. The number of nitrogens with one attached hydrogen (secondary N) is 2. The van der Waals surface area contributed by atoms with Crippen LogP contribution in [-0.4, -0.2) is 24.0 Å². The number of pyridine rings is 1. The molecule has 4 nitrogen and oxygen atoms in total. The van der Waals surface area contributed by atoms with E-state index in [2.05, 4.69) is 28.6 Å². The van der Waals surface area contributed by atoms with Gasteiger partial charge in [0.2, 0.25) is 0 Å². The van der Waals surface area contributed by atoms with Crippen LogP contribution in [0.5, 0.6) is 0 Å². The summed E-state index contributed by atoms with van der Waals surface area (Å²) >= 11 is 0. The molecule has 0 fully saturated rings. The number of hydrogen-bond acceptors (Lipinski definition) is 3. The average molecular weight is 287 g/mol. The second-order valence-electron chi connectivity index (χ2n) is 5.47. The largest absolute Gasteiger partial charge is 0.370 e. The molecule has 0 spiro atoms. The van der Waals surface area contributed by atoms with Gasteiger partial charge in [0.1, 0.15) is 5.82 Å². The maximum atomic E-state index is 12.1. The number of carbonyl (C=O) groups excluding carboxylic acids is 1.